The Bertz CT molecular complexity index is 243. The summed E-state index contributed by atoms with van der Waals surface area (Å²) in [6, 6.07) is 0.471. The van der Waals surface area contributed by atoms with E-state index in [1.165, 1.54) is 38.5 Å². The molecular weight excluding hydrogens is 212 g/mol. The van der Waals surface area contributed by atoms with Gasteiger partial charge in [0.15, 0.2) is 0 Å². The second kappa shape index (κ2) is 6.39. The fourth-order valence-electron chi connectivity index (χ4n) is 3.18. The third-order valence-corrected chi connectivity index (χ3v) is 4.37. The van der Waals surface area contributed by atoms with Crippen LogP contribution in [0.5, 0.6) is 0 Å². The largest absolute Gasteiger partial charge is 0.353 e. The number of rotatable bonds is 4. The fraction of sp³-hybridized carbons (Fsp3) is 0.929. The number of amides is 1. The van der Waals surface area contributed by atoms with Crippen LogP contribution in [0.1, 0.15) is 51.9 Å². The summed E-state index contributed by atoms with van der Waals surface area (Å²) in [5, 5.41) is 6.62. The topological polar surface area (TPSA) is 41.1 Å². The zero-order valence-electron chi connectivity index (χ0n) is 11.0. The molecule has 2 fully saturated rings. The number of piperidine rings is 1. The molecule has 1 aliphatic carbocycles. The molecule has 17 heavy (non-hydrogen) atoms. The smallest absolute Gasteiger partial charge is 0.220 e. The molecule has 3 nitrogen and oxygen atoms in total. The van der Waals surface area contributed by atoms with E-state index in [0.29, 0.717) is 24.3 Å². The van der Waals surface area contributed by atoms with Crippen LogP contribution < -0.4 is 10.6 Å². The monoisotopic (exact) mass is 238 g/mol. The van der Waals surface area contributed by atoms with Gasteiger partial charge in [-0.25, -0.2) is 0 Å². The molecule has 2 atom stereocenters. The van der Waals surface area contributed by atoms with E-state index in [9.17, 15) is 4.79 Å². The van der Waals surface area contributed by atoms with Gasteiger partial charge < -0.3 is 10.6 Å². The average Bonchev–Trinajstić information content (AvgIpc) is 2.82. The zero-order chi connectivity index (χ0) is 12.1. The van der Waals surface area contributed by atoms with E-state index in [1.54, 1.807) is 0 Å². The molecule has 0 bridgehead atoms. The molecule has 0 radical (unpaired) electrons. The molecule has 1 aliphatic heterocycles. The summed E-state index contributed by atoms with van der Waals surface area (Å²) < 4.78 is 0. The van der Waals surface area contributed by atoms with Crippen LogP contribution in [-0.4, -0.2) is 25.0 Å². The van der Waals surface area contributed by atoms with Crippen molar-refractivity contribution in [2.45, 2.75) is 57.9 Å². The Hall–Kier alpha value is -0.570. The lowest BCUT2D eigenvalue weighted by molar-refractivity contribution is -0.123. The van der Waals surface area contributed by atoms with Gasteiger partial charge >= 0.3 is 0 Å². The maximum absolute atomic E-state index is 11.9. The molecule has 1 heterocycles. The van der Waals surface area contributed by atoms with Gasteiger partial charge in [0.2, 0.25) is 5.91 Å². The Kier molecular flexibility index (Phi) is 4.84. The molecule has 1 saturated carbocycles. The van der Waals surface area contributed by atoms with Crippen molar-refractivity contribution in [3.63, 3.8) is 0 Å². The van der Waals surface area contributed by atoms with Gasteiger partial charge in [-0.2, -0.15) is 0 Å². The molecule has 98 valence electrons. The molecule has 1 amide bonds. The van der Waals surface area contributed by atoms with Crippen molar-refractivity contribution in [2.24, 2.45) is 11.8 Å². The highest BCUT2D eigenvalue weighted by molar-refractivity contribution is 5.76. The van der Waals surface area contributed by atoms with Gasteiger partial charge in [0, 0.05) is 12.5 Å². The van der Waals surface area contributed by atoms with Crippen LogP contribution >= 0.6 is 0 Å². The van der Waals surface area contributed by atoms with E-state index in [0.717, 1.165) is 13.1 Å². The van der Waals surface area contributed by atoms with Gasteiger partial charge in [-0.15, -0.1) is 0 Å². The Morgan fingerprint density at radius 1 is 1.29 bits per heavy atom. The first-order valence-electron chi connectivity index (χ1n) is 7.26. The minimum atomic E-state index is 0.273. The first kappa shape index (κ1) is 12.9. The third kappa shape index (κ3) is 3.98. The summed E-state index contributed by atoms with van der Waals surface area (Å²) in [7, 11) is 0. The lowest BCUT2D eigenvalue weighted by Crippen LogP contribution is -2.37. The van der Waals surface area contributed by atoms with E-state index in [2.05, 4.69) is 17.6 Å². The third-order valence-electron chi connectivity index (χ3n) is 4.37. The maximum atomic E-state index is 11.9. The predicted molar refractivity (Wildman–Crippen MR) is 69.8 cm³/mol. The van der Waals surface area contributed by atoms with Crippen LogP contribution in [0, 0.1) is 11.8 Å². The summed E-state index contributed by atoms with van der Waals surface area (Å²) >= 11 is 0. The highest BCUT2D eigenvalue weighted by Crippen LogP contribution is 2.23. The average molecular weight is 238 g/mol. The number of hydrogen-bond acceptors (Lipinski definition) is 2. The normalized spacial score (nSPS) is 27.9. The van der Waals surface area contributed by atoms with Gasteiger partial charge in [0.1, 0.15) is 0 Å². The molecular formula is C14H26N2O. The van der Waals surface area contributed by atoms with Crippen molar-refractivity contribution >= 4 is 5.91 Å². The Morgan fingerprint density at radius 3 is 2.71 bits per heavy atom. The first-order chi connectivity index (χ1) is 8.25. The van der Waals surface area contributed by atoms with E-state index < -0.39 is 0 Å². The zero-order valence-corrected chi connectivity index (χ0v) is 11.0. The van der Waals surface area contributed by atoms with Gasteiger partial charge in [-0.1, -0.05) is 19.8 Å². The number of carbonyl (C=O) groups excluding carboxylic acids is 1. The van der Waals surface area contributed by atoms with Crippen molar-refractivity contribution in [3.8, 4) is 0 Å². The Balaban J connectivity index is 1.69. The predicted octanol–water partition coefficient (Wildman–Crippen LogP) is 2.07. The number of hydrogen-bond donors (Lipinski definition) is 2. The number of nitrogens with one attached hydrogen (secondary N) is 2. The highest BCUT2D eigenvalue weighted by atomic mass is 16.1. The minimum absolute atomic E-state index is 0.273. The van der Waals surface area contributed by atoms with E-state index in [-0.39, 0.29) is 5.91 Å². The molecule has 3 heteroatoms. The van der Waals surface area contributed by atoms with Gasteiger partial charge in [0.05, 0.1) is 0 Å². The SMILES string of the molecule is CC(CC(=O)NC1CCCC1)C1CCCNC1. The van der Waals surface area contributed by atoms with Gasteiger partial charge in [0.25, 0.3) is 0 Å². The van der Waals surface area contributed by atoms with E-state index >= 15 is 0 Å². The van der Waals surface area contributed by atoms with Crippen molar-refractivity contribution in [3.05, 3.63) is 0 Å². The second-order valence-corrected chi connectivity index (χ2v) is 5.84. The quantitative estimate of drug-likeness (QED) is 0.787. The van der Waals surface area contributed by atoms with Crippen molar-refractivity contribution < 1.29 is 4.79 Å². The van der Waals surface area contributed by atoms with Crippen LogP contribution in [0.2, 0.25) is 0 Å². The van der Waals surface area contributed by atoms with Crippen molar-refractivity contribution in [1.29, 1.82) is 0 Å². The standard InChI is InChI=1S/C14H26N2O/c1-11(12-5-4-8-15-10-12)9-14(17)16-13-6-2-3-7-13/h11-13,15H,2-10H2,1H3,(H,16,17). The minimum Gasteiger partial charge on any atom is -0.353 e. The summed E-state index contributed by atoms with van der Waals surface area (Å²) in [4.78, 5) is 11.9. The van der Waals surface area contributed by atoms with Gasteiger partial charge in [-0.05, 0) is 50.6 Å². The molecule has 1 saturated heterocycles. The summed E-state index contributed by atoms with van der Waals surface area (Å²) in [6.07, 6.45) is 8.20. The molecule has 2 aliphatic rings. The summed E-state index contributed by atoms with van der Waals surface area (Å²) in [5.41, 5.74) is 0. The molecule has 0 spiro atoms. The summed E-state index contributed by atoms with van der Waals surface area (Å²) in [5.74, 6) is 1.48. The van der Waals surface area contributed by atoms with Crippen LogP contribution in [0.3, 0.4) is 0 Å². The van der Waals surface area contributed by atoms with Crippen LogP contribution in [0.25, 0.3) is 0 Å². The van der Waals surface area contributed by atoms with Crippen LogP contribution in [0.15, 0.2) is 0 Å². The van der Waals surface area contributed by atoms with Crippen LogP contribution in [0.4, 0.5) is 0 Å². The number of carbonyl (C=O) groups is 1. The lowest BCUT2D eigenvalue weighted by atomic mass is 9.85. The maximum Gasteiger partial charge on any atom is 0.220 e. The van der Waals surface area contributed by atoms with Crippen molar-refractivity contribution in [2.75, 3.05) is 13.1 Å². The molecule has 0 aromatic heterocycles. The Morgan fingerprint density at radius 2 is 2.06 bits per heavy atom. The Labute approximate surface area is 105 Å². The molecule has 0 aromatic rings. The molecule has 2 rings (SSSR count). The lowest BCUT2D eigenvalue weighted by Gasteiger charge is -2.28. The second-order valence-electron chi connectivity index (χ2n) is 5.84. The van der Waals surface area contributed by atoms with E-state index in [4.69, 9.17) is 0 Å². The fourth-order valence-corrected chi connectivity index (χ4v) is 3.18. The van der Waals surface area contributed by atoms with Gasteiger partial charge in [-0.3, -0.25) is 4.79 Å². The molecule has 2 N–H and O–H groups in total. The molecule has 2 unspecified atom stereocenters. The van der Waals surface area contributed by atoms with Crippen molar-refractivity contribution in [1.82, 2.24) is 10.6 Å². The highest BCUT2D eigenvalue weighted by Gasteiger charge is 2.23. The molecule has 0 aromatic carbocycles. The van der Waals surface area contributed by atoms with E-state index in [1.807, 2.05) is 0 Å². The van der Waals surface area contributed by atoms with Crippen LogP contribution in [-0.2, 0) is 4.79 Å². The first-order valence-corrected chi connectivity index (χ1v) is 7.26. The summed E-state index contributed by atoms with van der Waals surface area (Å²) in [6.45, 7) is 4.47.